The average Bonchev–Trinajstić information content (AvgIpc) is 2.95. The molecular formula is C33H34N4O4. The average molecular weight is 551 g/mol. The highest BCUT2D eigenvalue weighted by Gasteiger charge is 2.37. The van der Waals surface area contributed by atoms with Crippen molar-refractivity contribution in [3.63, 3.8) is 0 Å². The Morgan fingerprint density at radius 1 is 0.927 bits per heavy atom. The molecule has 0 saturated heterocycles. The molecule has 0 aliphatic carbocycles. The van der Waals surface area contributed by atoms with Crippen LogP contribution in [-0.4, -0.2) is 41.0 Å². The fourth-order valence-electron chi connectivity index (χ4n) is 4.27. The Bertz CT molecular complexity index is 1420. The number of hydrogen-bond acceptors (Lipinski definition) is 5. The summed E-state index contributed by atoms with van der Waals surface area (Å²) in [5.41, 5.74) is 1.62. The van der Waals surface area contributed by atoms with Gasteiger partial charge >= 0.3 is 6.09 Å². The standard InChI is InChI=1S/C33H34N4O4/c1-5-26-18-12-13-19-27(26)29(30(38)35-23-25-16-10-7-11-17-25)37(21-20-34)31(39)28(22-24-14-8-6-9-15-24)36-32(40)41-33(2,3)4/h1,6-19,28-29H,21-23H2,2-4H3,(H,35,38)(H,36,40). The Balaban J connectivity index is 2.03. The van der Waals surface area contributed by atoms with Gasteiger partial charge in [0.05, 0.1) is 6.07 Å². The first-order valence-electron chi connectivity index (χ1n) is 13.2. The predicted molar refractivity (Wildman–Crippen MR) is 156 cm³/mol. The molecule has 8 nitrogen and oxygen atoms in total. The van der Waals surface area contributed by atoms with Crippen LogP contribution in [0, 0.1) is 23.7 Å². The zero-order chi connectivity index (χ0) is 29.8. The Hall–Kier alpha value is -5.08. The van der Waals surface area contributed by atoms with Crippen LogP contribution in [-0.2, 0) is 27.3 Å². The van der Waals surface area contributed by atoms with E-state index >= 15 is 0 Å². The highest BCUT2D eigenvalue weighted by atomic mass is 16.6. The number of carbonyl (C=O) groups excluding carboxylic acids is 3. The van der Waals surface area contributed by atoms with Gasteiger partial charge in [-0.05, 0) is 43.5 Å². The topological polar surface area (TPSA) is 112 Å². The quantitative estimate of drug-likeness (QED) is 0.285. The highest BCUT2D eigenvalue weighted by molar-refractivity contribution is 5.93. The summed E-state index contributed by atoms with van der Waals surface area (Å²) in [5.74, 6) is 1.43. The first kappa shape index (κ1) is 30.5. The van der Waals surface area contributed by atoms with Crippen molar-refractivity contribution in [1.82, 2.24) is 15.5 Å². The van der Waals surface area contributed by atoms with Crippen LogP contribution < -0.4 is 10.6 Å². The van der Waals surface area contributed by atoms with Gasteiger partial charge in [0, 0.05) is 18.5 Å². The maximum atomic E-state index is 14.2. The van der Waals surface area contributed by atoms with Gasteiger partial charge in [-0.2, -0.15) is 5.26 Å². The molecule has 3 aromatic carbocycles. The summed E-state index contributed by atoms with van der Waals surface area (Å²) in [4.78, 5) is 42.0. The molecule has 41 heavy (non-hydrogen) atoms. The van der Waals surface area contributed by atoms with Crippen molar-refractivity contribution in [3.05, 3.63) is 107 Å². The minimum Gasteiger partial charge on any atom is -0.444 e. The molecule has 0 fully saturated rings. The van der Waals surface area contributed by atoms with E-state index in [0.717, 1.165) is 16.0 Å². The van der Waals surface area contributed by atoms with E-state index in [-0.39, 0.29) is 13.0 Å². The minimum atomic E-state index is -1.24. The van der Waals surface area contributed by atoms with Crippen molar-refractivity contribution < 1.29 is 19.1 Å². The summed E-state index contributed by atoms with van der Waals surface area (Å²) in [7, 11) is 0. The SMILES string of the molecule is C#Cc1ccccc1C(C(=O)NCc1ccccc1)N(CC#N)C(=O)C(Cc1ccccc1)NC(=O)OC(C)(C)C. The molecule has 0 radical (unpaired) electrons. The van der Waals surface area contributed by atoms with Crippen molar-refractivity contribution in [2.75, 3.05) is 6.54 Å². The summed E-state index contributed by atoms with van der Waals surface area (Å²) in [6, 6.07) is 24.8. The van der Waals surface area contributed by atoms with Gasteiger partial charge in [-0.1, -0.05) is 84.8 Å². The summed E-state index contributed by atoms with van der Waals surface area (Å²) in [6.45, 7) is 4.92. The van der Waals surface area contributed by atoms with Crippen LogP contribution in [0.4, 0.5) is 4.79 Å². The summed E-state index contributed by atoms with van der Waals surface area (Å²) in [5, 5.41) is 15.3. The van der Waals surface area contributed by atoms with E-state index in [1.807, 2.05) is 66.7 Å². The van der Waals surface area contributed by atoms with Gasteiger partial charge in [0.25, 0.3) is 0 Å². The van der Waals surface area contributed by atoms with Gasteiger partial charge in [-0.25, -0.2) is 4.79 Å². The number of terminal acetylenes is 1. The van der Waals surface area contributed by atoms with E-state index in [1.165, 1.54) is 0 Å². The fraction of sp³-hybridized carbons (Fsp3) is 0.273. The molecule has 2 atom stereocenters. The lowest BCUT2D eigenvalue weighted by Crippen LogP contribution is -2.54. The van der Waals surface area contributed by atoms with Crippen LogP contribution in [0.5, 0.6) is 0 Å². The molecule has 0 spiro atoms. The van der Waals surface area contributed by atoms with Crippen LogP contribution in [0.2, 0.25) is 0 Å². The van der Waals surface area contributed by atoms with Gasteiger partial charge < -0.3 is 20.3 Å². The molecule has 3 amide bonds. The number of nitrogens with zero attached hydrogens (tertiary/aromatic N) is 2. The lowest BCUT2D eigenvalue weighted by molar-refractivity contribution is -0.141. The van der Waals surface area contributed by atoms with Gasteiger partial charge in [0.2, 0.25) is 11.8 Å². The summed E-state index contributed by atoms with van der Waals surface area (Å²) < 4.78 is 5.42. The maximum absolute atomic E-state index is 14.2. The molecule has 0 bridgehead atoms. The van der Waals surface area contributed by atoms with E-state index in [0.29, 0.717) is 11.1 Å². The molecule has 3 aromatic rings. The smallest absolute Gasteiger partial charge is 0.408 e. The normalized spacial score (nSPS) is 12.1. The molecule has 0 heterocycles. The van der Waals surface area contributed by atoms with Gasteiger partial charge in [0.1, 0.15) is 24.2 Å². The lowest BCUT2D eigenvalue weighted by atomic mass is 9.96. The van der Waals surface area contributed by atoms with Crippen LogP contribution >= 0.6 is 0 Å². The Kier molecular flexibility index (Phi) is 10.7. The number of amides is 3. The maximum Gasteiger partial charge on any atom is 0.408 e. The third kappa shape index (κ3) is 8.98. The molecule has 0 aliphatic heterocycles. The lowest BCUT2D eigenvalue weighted by Gasteiger charge is -2.33. The molecule has 3 rings (SSSR count). The molecule has 8 heteroatoms. The number of nitrogens with one attached hydrogen (secondary N) is 2. The van der Waals surface area contributed by atoms with Crippen molar-refractivity contribution in [2.45, 2.75) is 51.4 Å². The van der Waals surface area contributed by atoms with E-state index < -0.39 is 42.1 Å². The number of hydrogen-bond donors (Lipinski definition) is 2. The Morgan fingerprint density at radius 3 is 2.10 bits per heavy atom. The monoisotopic (exact) mass is 550 g/mol. The van der Waals surface area contributed by atoms with Crippen LogP contribution in [0.15, 0.2) is 84.9 Å². The number of ether oxygens (including phenoxy) is 1. The predicted octanol–water partition coefficient (Wildman–Crippen LogP) is 4.51. The van der Waals surface area contributed by atoms with Crippen molar-refractivity contribution in [2.24, 2.45) is 0 Å². The van der Waals surface area contributed by atoms with Crippen molar-refractivity contribution >= 4 is 17.9 Å². The number of carbonyl (C=O) groups is 3. The molecule has 0 aromatic heterocycles. The number of benzene rings is 3. The first-order chi connectivity index (χ1) is 19.6. The molecule has 0 aliphatic rings. The van der Waals surface area contributed by atoms with Crippen LogP contribution in [0.25, 0.3) is 0 Å². The fourth-order valence-corrected chi connectivity index (χ4v) is 4.27. The zero-order valence-electron chi connectivity index (χ0n) is 23.5. The van der Waals surface area contributed by atoms with Gasteiger partial charge in [-0.3, -0.25) is 9.59 Å². The third-order valence-electron chi connectivity index (χ3n) is 6.08. The highest BCUT2D eigenvalue weighted by Crippen LogP contribution is 2.26. The second-order valence-corrected chi connectivity index (χ2v) is 10.4. The minimum absolute atomic E-state index is 0.107. The molecule has 210 valence electrons. The van der Waals surface area contributed by atoms with Crippen LogP contribution in [0.3, 0.4) is 0 Å². The molecule has 0 saturated carbocycles. The number of rotatable bonds is 10. The third-order valence-corrected chi connectivity index (χ3v) is 6.08. The van der Waals surface area contributed by atoms with Crippen LogP contribution in [0.1, 0.15) is 49.1 Å². The zero-order valence-corrected chi connectivity index (χ0v) is 23.5. The van der Waals surface area contributed by atoms with E-state index in [4.69, 9.17) is 11.2 Å². The van der Waals surface area contributed by atoms with Crippen molar-refractivity contribution in [1.29, 1.82) is 5.26 Å². The Morgan fingerprint density at radius 2 is 1.51 bits per heavy atom. The van der Waals surface area contributed by atoms with Gasteiger partial charge in [-0.15, -0.1) is 6.42 Å². The van der Waals surface area contributed by atoms with E-state index in [2.05, 4.69) is 16.6 Å². The van der Waals surface area contributed by atoms with E-state index in [9.17, 15) is 19.6 Å². The van der Waals surface area contributed by atoms with Gasteiger partial charge in [0.15, 0.2) is 0 Å². The number of alkyl carbamates (subject to hydrolysis) is 1. The first-order valence-corrected chi connectivity index (χ1v) is 13.2. The summed E-state index contributed by atoms with van der Waals surface area (Å²) in [6.07, 6.45) is 5.08. The number of nitriles is 1. The molecule has 2 N–H and O–H groups in total. The molecule has 2 unspecified atom stereocenters. The largest absolute Gasteiger partial charge is 0.444 e. The second-order valence-electron chi connectivity index (χ2n) is 10.4. The summed E-state index contributed by atoms with van der Waals surface area (Å²) >= 11 is 0. The van der Waals surface area contributed by atoms with E-state index in [1.54, 1.807) is 45.0 Å². The Labute approximate surface area is 241 Å². The van der Waals surface area contributed by atoms with Crippen molar-refractivity contribution in [3.8, 4) is 18.4 Å². The second kappa shape index (κ2) is 14.3. The molecular weight excluding hydrogens is 516 g/mol.